The van der Waals surface area contributed by atoms with Crippen LogP contribution in [0.1, 0.15) is 18.2 Å². The second kappa shape index (κ2) is 6.58. The molecule has 21 heavy (non-hydrogen) atoms. The van der Waals surface area contributed by atoms with E-state index in [1.54, 1.807) is 31.2 Å². The molecule has 1 aromatic heterocycles. The maximum Gasteiger partial charge on any atom is 0.236 e. The fourth-order valence-corrected chi connectivity index (χ4v) is 3.02. The van der Waals surface area contributed by atoms with Gasteiger partial charge in [0.2, 0.25) is 5.91 Å². The Hall–Kier alpha value is -2.08. The smallest absolute Gasteiger partial charge is 0.236 e. The minimum Gasteiger partial charge on any atom is -0.467 e. The van der Waals surface area contributed by atoms with Crippen LogP contribution >= 0.6 is 0 Å². The van der Waals surface area contributed by atoms with Crippen molar-refractivity contribution in [2.45, 2.75) is 30.5 Å². The van der Waals surface area contributed by atoms with Crippen LogP contribution in [-0.2, 0) is 22.1 Å². The zero-order chi connectivity index (χ0) is 15.4. The van der Waals surface area contributed by atoms with Crippen molar-refractivity contribution in [3.63, 3.8) is 0 Å². The lowest BCUT2D eigenvalue weighted by molar-refractivity contribution is -0.120. The summed E-state index contributed by atoms with van der Waals surface area (Å²) in [6, 6.07) is 8.80. The number of aryl methyl sites for hydroxylation is 1. The van der Waals surface area contributed by atoms with E-state index in [9.17, 15) is 9.00 Å². The number of carbonyl (C=O) groups is 1. The van der Waals surface area contributed by atoms with Crippen molar-refractivity contribution in [1.29, 1.82) is 0 Å². The van der Waals surface area contributed by atoms with Gasteiger partial charge in [0.25, 0.3) is 0 Å². The molecule has 1 amide bonds. The van der Waals surface area contributed by atoms with Gasteiger partial charge in [0.15, 0.2) is 0 Å². The fraction of sp³-hybridized carbons (Fsp3) is 0.267. The van der Waals surface area contributed by atoms with Gasteiger partial charge in [-0.25, -0.2) is 0 Å². The number of hydrogen-bond donors (Lipinski definition) is 2. The Bertz CT molecular complexity index is 653. The number of nitrogen functional groups attached to an aromatic ring is 1. The van der Waals surface area contributed by atoms with Crippen molar-refractivity contribution in [1.82, 2.24) is 5.32 Å². The van der Waals surface area contributed by atoms with Crippen LogP contribution in [0.2, 0.25) is 0 Å². The van der Waals surface area contributed by atoms with Crippen molar-refractivity contribution >= 4 is 22.4 Å². The maximum absolute atomic E-state index is 12.4. The first-order valence-corrected chi connectivity index (χ1v) is 7.77. The Morgan fingerprint density at radius 3 is 2.81 bits per heavy atom. The quantitative estimate of drug-likeness (QED) is 0.827. The summed E-state index contributed by atoms with van der Waals surface area (Å²) in [5, 5.41) is 2.01. The molecule has 2 atom stereocenters. The number of anilines is 1. The number of hydrogen-bond acceptors (Lipinski definition) is 4. The van der Waals surface area contributed by atoms with Crippen LogP contribution in [0.5, 0.6) is 0 Å². The summed E-state index contributed by atoms with van der Waals surface area (Å²) in [7, 11) is -1.49. The molecule has 5 nitrogen and oxygen atoms in total. The number of carbonyl (C=O) groups excluding carboxylic acids is 1. The van der Waals surface area contributed by atoms with E-state index in [1.807, 2.05) is 13.0 Å². The molecule has 1 aromatic carbocycles. The minimum absolute atomic E-state index is 0.275. The van der Waals surface area contributed by atoms with E-state index in [2.05, 4.69) is 5.32 Å². The maximum atomic E-state index is 12.4. The molecule has 2 aromatic rings. The van der Waals surface area contributed by atoms with Crippen LogP contribution in [0.3, 0.4) is 0 Å². The number of amides is 1. The highest BCUT2D eigenvalue weighted by Crippen LogP contribution is 2.20. The van der Waals surface area contributed by atoms with E-state index < -0.39 is 16.0 Å². The number of nitrogens with two attached hydrogens (primary N) is 1. The summed E-state index contributed by atoms with van der Waals surface area (Å²) >= 11 is 0. The number of benzene rings is 1. The number of furan rings is 1. The molecule has 0 saturated heterocycles. The molecule has 0 radical (unpaired) electrons. The van der Waals surface area contributed by atoms with Gasteiger partial charge in [0.05, 0.1) is 28.5 Å². The second-order valence-electron chi connectivity index (χ2n) is 4.78. The summed E-state index contributed by atoms with van der Waals surface area (Å²) < 4.78 is 17.6. The summed E-state index contributed by atoms with van der Waals surface area (Å²) in [5.74, 6) is 0.348. The molecule has 0 saturated carbocycles. The molecule has 0 bridgehead atoms. The predicted molar refractivity (Wildman–Crippen MR) is 82.0 cm³/mol. The topological polar surface area (TPSA) is 85.3 Å². The van der Waals surface area contributed by atoms with E-state index >= 15 is 0 Å². The van der Waals surface area contributed by atoms with E-state index in [1.165, 1.54) is 6.26 Å². The molecule has 1 heterocycles. The van der Waals surface area contributed by atoms with Crippen molar-refractivity contribution in [2.75, 3.05) is 5.73 Å². The van der Waals surface area contributed by atoms with Crippen LogP contribution in [0.4, 0.5) is 5.69 Å². The normalized spacial score (nSPS) is 13.6. The van der Waals surface area contributed by atoms with Gasteiger partial charge < -0.3 is 15.5 Å². The Balaban J connectivity index is 2.02. The molecular formula is C15H18N2O3S. The first-order valence-electron chi connectivity index (χ1n) is 6.56. The monoisotopic (exact) mass is 306 g/mol. The zero-order valence-corrected chi connectivity index (χ0v) is 12.8. The van der Waals surface area contributed by atoms with Crippen LogP contribution in [0, 0.1) is 6.92 Å². The minimum atomic E-state index is -1.49. The lowest BCUT2D eigenvalue weighted by Gasteiger charge is -2.13. The number of rotatable bonds is 5. The Kier molecular flexibility index (Phi) is 4.80. The molecule has 0 aliphatic heterocycles. The standard InChI is InChI=1S/C15H18N2O3S/c1-10-5-6-14(13(16)8-10)21(19)11(2)15(18)17-9-12-4-3-7-20-12/h3-8,11H,9,16H2,1-2H3,(H,17,18). The molecule has 0 aliphatic carbocycles. The highest BCUT2D eigenvalue weighted by Gasteiger charge is 2.22. The summed E-state index contributed by atoms with van der Waals surface area (Å²) in [6.45, 7) is 3.80. The third kappa shape index (κ3) is 3.72. The summed E-state index contributed by atoms with van der Waals surface area (Å²) in [6.07, 6.45) is 1.54. The second-order valence-corrected chi connectivity index (χ2v) is 6.52. The molecule has 2 unspecified atom stereocenters. The van der Waals surface area contributed by atoms with Crippen molar-refractivity contribution < 1.29 is 13.4 Å². The molecule has 6 heteroatoms. The van der Waals surface area contributed by atoms with E-state index in [0.717, 1.165) is 5.56 Å². The highest BCUT2D eigenvalue weighted by molar-refractivity contribution is 7.86. The Morgan fingerprint density at radius 1 is 1.43 bits per heavy atom. The van der Waals surface area contributed by atoms with Crippen LogP contribution < -0.4 is 11.1 Å². The summed E-state index contributed by atoms with van der Waals surface area (Å²) in [4.78, 5) is 12.5. The van der Waals surface area contributed by atoms with Gasteiger partial charge in [-0.1, -0.05) is 6.07 Å². The average molecular weight is 306 g/mol. The first kappa shape index (κ1) is 15.3. The number of nitrogens with one attached hydrogen (secondary N) is 1. The molecule has 0 aliphatic rings. The van der Waals surface area contributed by atoms with Gasteiger partial charge in [-0.05, 0) is 43.7 Å². The van der Waals surface area contributed by atoms with Gasteiger partial charge in [0, 0.05) is 5.69 Å². The van der Waals surface area contributed by atoms with Gasteiger partial charge in [-0.2, -0.15) is 0 Å². The largest absolute Gasteiger partial charge is 0.467 e. The Labute approximate surface area is 126 Å². The van der Waals surface area contributed by atoms with Crippen molar-refractivity contribution in [3.05, 3.63) is 47.9 Å². The SMILES string of the molecule is Cc1ccc(S(=O)C(C)C(=O)NCc2ccco2)c(N)c1. The van der Waals surface area contributed by atoms with E-state index in [4.69, 9.17) is 10.2 Å². The van der Waals surface area contributed by atoms with Crippen LogP contribution in [0.25, 0.3) is 0 Å². The zero-order valence-electron chi connectivity index (χ0n) is 12.0. The Morgan fingerprint density at radius 2 is 2.19 bits per heavy atom. The van der Waals surface area contributed by atoms with E-state index in [0.29, 0.717) is 16.3 Å². The van der Waals surface area contributed by atoms with Crippen LogP contribution in [-0.4, -0.2) is 15.4 Å². The van der Waals surface area contributed by atoms with Gasteiger partial charge in [0.1, 0.15) is 11.0 Å². The third-order valence-corrected chi connectivity index (χ3v) is 4.75. The highest BCUT2D eigenvalue weighted by atomic mass is 32.2. The van der Waals surface area contributed by atoms with Crippen LogP contribution in [0.15, 0.2) is 45.9 Å². The molecule has 3 N–H and O–H groups in total. The molecule has 2 rings (SSSR count). The molecule has 0 spiro atoms. The van der Waals surface area contributed by atoms with Gasteiger partial charge in [-0.3, -0.25) is 9.00 Å². The molecule has 0 fully saturated rings. The fourth-order valence-electron chi connectivity index (χ4n) is 1.87. The predicted octanol–water partition coefficient (Wildman–Crippen LogP) is 1.98. The lowest BCUT2D eigenvalue weighted by Crippen LogP contribution is -2.35. The average Bonchev–Trinajstić information content (AvgIpc) is 2.96. The van der Waals surface area contributed by atoms with Crippen molar-refractivity contribution in [3.8, 4) is 0 Å². The first-order chi connectivity index (χ1) is 9.99. The molecular weight excluding hydrogens is 288 g/mol. The van der Waals surface area contributed by atoms with Gasteiger partial charge in [-0.15, -0.1) is 0 Å². The summed E-state index contributed by atoms with van der Waals surface area (Å²) in [5.41, 5.74) is 7.30. The molecule has 112 valence electrons. The van der Waals surface area contributed by atoms with E-state index in [-0.39, 0.29) is 12.5 Å². The third-order valence-electron chi connectivity index (χ3n) is 3.09. The lowest BCUT2D eigenvalue weighted by atomic mass is 10.2. The van der Waals surface area contributed by atoms with Crippen molar-refractivity contribution in [2.24, 2.45) is 0 Å². The van der Waals surface area contributed by atoms with Gasteiger partial charge >= 0.3 is 0 Å².